The van der Waals surface area contributed by atoms with Gasteiger partial charge in [-0.3, -0.25) is 19.2 Å². The molecule has 18 heavy (non-hydrogen) atoms. The number of carboxylic acids is 1. The largest absolute Gasteiger partial charge is 0.478 e. The monoisotopic (exact) mass is 249 g/mol. The quantitative estimate of drug-likeness (QED) is 0.737. The first kappa shape index (κ1) is 10.9. The maximum atomic E-state index is 11.8. The van der Waals surface area contributed by atoms with E-state index in [1.54, 1.807) is 7.05 Å². The number of nitrogens with zero attached hydrogens (tertiary/aromatic N) is 3. The predicted octanol–water partition coefficient (Wildman–Crippen LogP) is -0.377. The van der Waals surface area contributed by atoms with Crippen molar-refractivity contribution in [2.45, 2.75) is 13.0 Å². The number of carbonyl (C=O) groups is 3. The average molecular weight is 249 g/mol. The SMILES string of the molecule is Cn1ncc(C(=O)O)c1CN1C(=O)C2CC2C1=O. The first-order valence-corrected chi connectivity index (χ1v) is 5.60. The fourth-order valence-corrected chi connectivity index (χ4v) is 2.38. The van der Waals surface area contributed by atoms with Gasteiger partial charge in [-0.15, -0.1) is 0 Å². The second kappa shape index (κ2) is 3.41. The van der Waals surface area contributed by atoms with Gasteiger partial charge in [0.15, 0.2) is 0 Å². The van der Waals surface area contributed by atoms with Gasteiger partial charge in [0.1, 0.15) is 5.56 Å². The van der Waals surface area contributed by atoms with Crippen LogP contribution in [0.1, 0.15) is 22.5 Å². The number of fused-ring (bicyclic) bond motifs is 1. The minimum atomic E-state index is -1.11. The molecule has 0 aromatic carbocycles. The summed E-state index contributed by atoms with van der Waals surface area (Å²) in [7, 11) is 1.59. The molecule has 0 spiro atoms. The van der Waals surface area contributed by atoms with Crippen LogP contribution in [0.15, 0.2) is 6.20 Å². The second-order valence-electron chi connectivity index (χ2n) is 4.65. The Hall–Kier alpha value is -2.18. The summed E-state index contributed by atoms with van der Waals surface area (Å²) in [6.45, 7) is -0.0111. The standard InChI is InChI=1S/C11H11N3O4/c1-13-8(7(3-12-13)11(17)18)4-14-9(15)5-2-6(5)10(14)16/h3,5-6H,2,4H2,1H3,(H,17,18). The van der Waals surface area contributed by atoms with Gasteiger partial charge in [-0.2, -0.15) is 5.10 Å². The maximum absolute atomic E-state index is 11.8. The van der Waals surface area contributed by atoms with E-state index in [1.165, 1.54) is 10.9 Å². The van der Waals surface area contributed by atoms with Crippen LogP contribution in [0.25, 0.3) is 0 Å². The third-order valence-electron chi connectivity index (χ3n) is 3.56. The molecular weight excluding hydrogens is 238 g/mol. The molecule has 2 unspecified atom stereocenters. The summed E-state index contributed by atoms with van der Waals surface area (Å²) in [4.78, 5) is 35.8. The van der Waals surface area contributed by atoms with Crippen LogP contribution in [0.3, 0.4) is 0 Å². The number of amides is 2. The lowest BCUT2D eigenvalue weighted by molar-refractivity contribution is -0.142. The highest BCUT2D eigenvalue weighted by Gasteiger charge is 2.58. The van der Waals surface area contributed by atoms with Gasteiger partial charge in [0.2, 0.25) is 11.8 Å². The summed E-state index contributed by atoms with van der Waals surface area (Å²) in [6, 6.07) is 0. The number of hydrogen-bond donors (Lipinski definition) is 1. The second-order valence-corrected chi connectivity index (χ2v) is 4.65. The number of carboxylic acid groups (broad SMARTS) is 1. The van der Waals surface area contributed by atoms with Crippen molar-refractivity contribution in [1.29, 1.82) is 0 Å². The Morgan fingerprint density at radius 3 is 2.61 bits per heavy atom. The van der Waals surface area contributed by atoms with E-state index in [4.69, 9.17) is 5.11 Å². The van der Waals surface area contributed by atoms with E-state index >= 15 is 0 Å². The lowest BCUT2D eigenvalue weighted by Crippen LogP contribution is -2.33. The molecule has 1 aliphatic heterocycles. The fourth-order valence-electron chi connectivity index (χ4n) is 2.38. The number of aromatic nitrogens is 2. The first-order chi connectivity index (χ1) is 8.50. The smallest absolute Gasteiger partial charge is 0.339 e. The molecule has 1 N–H and O–H groups in total. The third kappa shape index (κ3) is 1.36. The van der Waals surface area contributed by atoms with E-state index in [1.807, 2.05) is 0 Å². The van der Waals surface area contributed by atoms with Gasteiger partial charge in [0, 0.05) is 7.05 Å². The lowest BCUT2D eigenvalue weighted by atomic mass is 10.2. The summed E-state index contributed by atoms with van der Waals surface area (Å²) in [5.41, 5.74) is 0.393. The molecule has 1 saturated carbocycles. The third-order valence-corrected chi connectivity index (χ3v) is 3.56. The van der Waals surface area contributed by atoms with Crippen molar-refractivity contribution in [2.24, 2.45) is 18.9 Å². The zero-order chi connectivity index (χ0) is 13.0. The Morgan fingerprint density at radius 2 is 2.06 bits per heavy atom. The lowest BCUT2D eigenvalue weighted by Gasteiger charge is -2.16. The van der Waals surface area contributed by atoms with Gasteiger partial charge in [0.05, 0.1) is 30.3 Å². The van der Waals surface area contributed by atoms with Crippen LogP contribution >= 0.6 is 0 Å². The van der Waals surface area contributed by atoms with Crippen molar-refractivity contribution in [2.75, 3.05) is 0 Å². The molecular formula is C11H11N3O4. The van der Waals surface area contributed by atoms with Crippen LogP contribution in [-0.4, -0.2) is 37.6 Å². The number of carbonyl (C=O) groups excluding carboxylic acids is 2. The summed E-state index contributed by atoms with van der Waals surface area (Å²) < 4.78 is 1.38. The van der Waals surface area contributed by atoms with E-state index in [0.29, 0.717) is 12.1 Å². The van der Waals surface area contributed by atoms with Crippen LogP contribution in [-0.2, 0) is 23.2 Å². The summed E-state index contributed by atoms with van der Waals surface area (Å²) in [5.74, 6) is -1.83. The Balaban J connectivity index is 1.89. The van der Waals surface area contributed by atoms with Crippen LogP contribution < -0.4 is 0 Å². The number of aromatic carboxylic acids is 1. The highest BCUT2D eigenvalue weighted by atomic mass is 16.4. The molecule has 3 rings (SSSR count). The minimum absolute atomic E-state index is 0.0111. The maximum Gasteiger partial charge on any atom is 0.339 e. The topological polar surface area (TPSA) is 92.5 Å². The number of piperidine rings is 1. The molecule has 2 amide bonds. The number of likely N-dealkylation sites (tertiary alicyclic amines) is 1. The van der Waals surface area contributed by atoms with Crippen molar-refractivity contribution in [3.05, 3.63) is 17.5 Å². The van der Waals surface area contributed by atoms with Gasteiger partial charge in [-0.1, -0.05) is 0 Å². The molecule has 7 heteroatoms. The summed E-state index contributed by atoms with van der Waals surface area (Å²) in [5, 5.41) is 12.9. The Labute approximate surface area is 102 Å². The zero-order valence-electron chi connectivity index (χ0n) is 9.66. The van der Waals surface area contributed by atoms with Crippen LogP contribution in [0.5, 0.6) is 0 Å². The van der Waals surface area contributed by atoms with Gasteiger partial charge in [-0.25, -0.2) is 4.79 Å². The molecule has 0 bridgehead atoms. The molecule has 2 atom stereocenters. The molecule has 1 aliphatic carbocycles. The fraction of sp³-hybridized carbons (Fsp3) is 0.455. The molecule has 7 nitrogen and oxygen atoms in total. The number of aryl methyl sites for hydroxylation is 1. The Bertz CT molecular complexity index is 557. The molecule has 1 saturated heterocycles. The molecule has 1 aromatic rings. The van der Waals surface area contributed by atoms with Crippen molar-refractivity contribution >= 4 is 17.8 Å². The van der Waals surface area contributed by atoms with Gasteiger partial charge in [0.25, 0.3) is 0 Å². The Kier molecular flexibility index (Phi) is 2.07. The highest BCUT2D eigenvalue weighted by Crippen LogP contribution is 2.47. The summed E-state index contributed by atoms with van der Waals surface area (Å²) >= 11 is 0. The van der Waals surface area contributed by atoms with Crippen LogP contribution in [0.4, 0.5) is 0 Å². The molecule has 2 heterocycles. The van der Waals surface area contributed by atoms with Gasteiger partial charge >= 0.3 is 5.97 Å². The van der Waals surface area contributed by atoms with E-state index in [2.05, 4.69) is 5.10 Å². The molecule has 2 aliphatic rings. The Morgan fingerprint density at radius 1 is 1.44 bits per heavy atom. The van der Waals surface area contributed by atoms with Crippen LogP contribution in [0, 0.1) is 11.8 Å². The number of rotatable bonds is 3. The van der Waals surface area contributed by atoms with Crippen molar-refractivity contribution < 1.29 is 19.5 Å². The zero-order valence-corrected chi connectivity index (χ0v) is 9.66. The van der Waals surface area contributed by atoms with Crippen molar-refractivity contribution in [3.8, 4) is 0 Å². The molecule has 0 radical (unpaired) electrons. The van der Waals surface area contributed by atoms with E-state index in [-0.39, 0.29) is 35.8 Å². The number of imide groups is 1. The predicted molar refractivity (Wildman–Crippen MR) is 57.3 cm³/mol. The summed E-state index contributed by atoms with van der Waals surface area (Å²) in [6.07, 6.45) is 1.87. The average Bonchev–Trinajstić information content (AvgIpc) is 2.98. The molecule has 1 aromatic heterocycles. The first-order valence-electron chi connectivity index (χ1n) is 5.60. The molecule has 94 valence electrons. The van der Waals surface area contributed by atoms with Gasteiger partial charge in [-0.05, 0) is 6.42 Å². The van der Waals surface area contributed by atoms with Crippen molar-refractivity contribution in [3.63, 3.8) is 0 Å². The number of hydrogen-bond acceptors (Lipinski definition) is 4. The van der Waals surface area contributed by atoms with E-state index < -0.39 is 5.97 Å². The molecule has 2 fully saturated rings. The van der Waals surface area contributed by atoms with Gasteiger partial charge < -0.3 is 5.11 Å². The van der Waals surface area contributed by atoms with Crippen LogP contribution in [0.2, 0.25) is 0 Å². The minimum Gasteiger partial charge on any atom is -0.478 e. The van der Waals surface area contributed by atoms with Crippen molar-refractivity contribution in [1.82, 2.24) is 14.7 Å². The highest BCUT2D eigenvalue weighted by molar-refractivity contribution is 6.08. The van der Waals surface area contributed by atoms with E-state index in [9.17, 15) is 14.4 Å². The normalized spacial score (nSPS) is 25.5. The van der Waals surface area contributed by atoms with E-state index in [0.717, 1.165) is 4.90 Å².